The van der Waals surface area contributed by atoms with E-state index in [4.69, 9.17) is 6.42 Å². The lowest BCUT2D eigenvalue weighted by atomic mass is 10.2. The molecule has 0 saturated carbocycles. The van der Waals surface area contributed by atoms with Gasteiger partial charge in [0, 0.05) is 16.5 Å². The Morgan fingerprint density at radius 2 is 2.36 bits per heavy atom. The van der Waals surface area contributed by atoms with E-state index in [1.165, 1.54) is 0 Å². The van der Waals surface area contributed by atoms with Crippen LogP contribution in [-0.4, -0.2) is 4.98 Å². The summed E-state index contributed by atoms with van der Waals surface area (Å²) in [7, 11) is 0. The molecule has 51 valence electrons. The molecule has 2 rings (SSSR count). The topological polar surface area (TPSA) is 15.8 Å². The zero-order chi connectivity index (χ0) is 7.68. The SMILES string of the molecule is C#Cc1ccc2[nH][c]cc2c1. The number of rotatable bonds is 0. The zero-order valence-corrected chi connectivity index (χ0v) is 5.89. The minimum absolute atomic E-state index is 0.908. The van der Waals surface area contributed by atoms with Crippen LogP contribution in [0.15, 0.2) is 24.3 Å². The van der Waals surface area contributed by atoms with Gasteiger partial charge >= 0.3 is 0 Å². The van der Waals surface area contributed by atoms with Gasteiger partial charge < -0.3 is 4.98 Å². The third-order valence-corrected chi connectivity index (χ3v) is 1.65. The highest BCUT2D eigenvalue weighted by molar-refractivity contribution is 5.80. The van der Waals surface area contributed by atoms with Crippen molar-refractivity contribution in [1.82, 2.24) is 4.98 Å². The molecular formula is C10H6N. The molecule has 11 heavy (non-hydrogen) atoms. The quantitative estimate of drug-likeness (QED) is 0.538. The fourth-order valence-corrected chi connectivity index (χ4v) is 1.08. The number of nitrogens with one attached hydrogen (secondary N) is 1. The van der Waals surface area contributed by atoms with Crippen molar-refractivity contribution in [2.24, 2.45) is 0 Å². The third kappa shape index (κ3) is 0.890. The van der Waals surface area contributed by atoms with E-state index in [1.807, 2.05) is 24.3 Å². The van der Waals surface area contributed by atoms with Gasteiger partial charge in [0.1, 0.15) is 0 Å². The summed E-state index contributed by atoms with van der Waals surface area (Å²) in [6, 6.07) is 7.71. The number of hydrogen-bond acceptors (Lipinski definition) is 0. The Morgan fingerprint density at radius 3 is 3.18 bits per heavy atom. The first-order valence-electron chi connectivity index (χ1n) is 3.35. The van der Waals surface area contributed by atoms with E-state index in [9.17, 15) is 0 Å². The Labute approximate surface area is 65.1 Å². The van der Waals surface area contributed by atoms with Gasteiger partial charge in [-0.25, -0.2) is 0 Å². The van der Waals surface area contributed by atoms with Crippen LogP contribution in [0.5, 0.6) is 0 Å². The smallest absolute Gasteiger partial charge is 0.0630 e. The largest absolute Gasteiger partial charge is 0.353 e. The van der Waals surface area contributed by atoms with Crippen molar-refractivity contribution in [2.75, 3.05) is 0 Å². The molecule has 0 bridgehead atoms. The summed E-state index contributed by atoms with van der Waals surface area (Å²) < 4.78 is 0. The number of H-pyrrole nitrogens is 1. The Kier molecular flexibility index (Phi) is 1.20. The van der Waals surface area contributed by atoms with Crippen LogP contribution in [0.1, 0.15) is 5.56 Å². The standard InChI is InChI=1S/C10H6N/c1-2-8-3-4-10-9(7-8)5-6-11-10/h1,3-5,7,11H. The fraction of sp³-hybridized carbons (Fsp3) is 0. The van der Waals surface area contributed by atoms with Crippen LogP contribution in [0, 0.1) is 18.5 Å². The number of fused-ring (bicyclic) bond motifs is 1. The van der Waals surface area contributed by atoms with Gasteiger partial charge in [-0.15, -0.1) is 6.42 Å². The van der Waals surface area contributed by atoms with Gasteiger partial charge in [-0.05, 0) is 24.3 Å². The Bertz CT molecular complexity index is 418. The summed E-state index contributed by atoms with van der Waals surface area (Å²) in [4.78, 5) is 2.98. The lowest BCUT2D eigenvalue weighted by Crippen LogP contribution is -1.72. The van der Waals surface area contributed by atoms with Gasteiger partial charge in [0.15, 0.2) is 0 Å². The van der Waals surface area contributed by atoms with Crippen molar-refractivity contribution >= 4 is 10.9 Å². The van der Waals surface area contributed by atoms with Crippen molar-refractivity contribution in [1.29, 1.82) is 0 Å². The van der Waals surface area contributed by atoms with Crippen molar-refractivity contribution in [3.05, 3.63) is 36.0 Å². The van der Waals surface area contributed by atoms with Crippen molar-refractivity contribution in [3.8, 4) is 12.3 Å². The predicted molar refractivity (Wildman–Crippen MR) is 45.1 cm³/mol. The molecule has 1 heteroatoms. The van der Waals surface area contributed by atoms with Crippen LogP contribution in [0.4, 0.5) is 0 Å². The second kappa shape index (κ2) is 2.17. The molecule has 0 fully saturated rings. The maximum Gasteiger partial charge on any atom is 0.0630 e. The molecule has 0 spiro atoms. The van der Waals surface area contributed by atoms with Crippen LogP contribution < -0.4 is 0 Å². The van der Waals surface area contributed by atoms with Gasteiger partial charge in [-0.1, -0.05) is 5.92 Å². The molecule has 0 amide bonds. The van der Waals surface area contributed by atoms with Gasteiger partial charge in [0.2, 0.25) is 0 Å². The molecule has 0 aliphatic heterocycles. The molecule has 1 aromatic carbocycles. The van der Waals surface area contributed by atoms with E-state index in [2.05, 4.69) is 17.1 Å². The molecule has 0 saturated heterocycles. The van der Waals surface area contributed by atoms with Gasteiger partial charge in [0.05, 0.1) is 6.20 Å². The average molecular weight is 140 g/mol. The number of aromatic amines is 1. The molecule has 0 aliphatic rings. The first kappa shape index (κ1) is 6.06. The van der Waals surface area contributed by atoms with E-state index in [0.29, 0.717) is 0 Å². The molecule has 1 radical (unpaired) electrons. The third-order valence-electron chi connectivity index (χ3n) is 1.65. The summed E-state index contributed by atoms with van der Waals surface area (Å²) in [6.07, 6.45) is 8.13. The van der Waals surface area contributed by atoms with Crippen molar-refractivity contribution < 1.29 is 0 Å². The monoisotopic (exact) mass is 140 g/mol. The molecule has 1 heterocycles. The lowest BCUT2D eigenvalue weighted by Gasteiger charge is -1.89. The van der Waals surface area contributed by atoms with Crippen molar-refractivity contribution in [3.63, 3.8) is 0 Å². The highest BCUT2D eigenvalue weighted by Gasteiger charge is 1.93. The molecule has 0 unspecified atom stereocenters. The summed E-state index contributed by atoms with van der Waals surface area (Å²) in [5.74, 6) is 2.58. The van der Waals surface area contributed by atoms with E-state index in [-0.39, 0.29) is 0 Å². The first-order valence-corrected chi connectivity index (χ1v) is 3.35. The number of benzene rings is 1. The fourth-order valence-electron chi connectivity index (χ4n) is 1.08. The number of aromatic nitrogens is 1. The van der Waals surface area contributed by atoms with Crippen LogP contribution >= 0.6 is 0 Å². The van der Waals surface area contributed by atoms with Gasteiger partial charge in [-0.3, -0.25) is 0 Å². The lowest BCUT2D eigenvalue weighted by molar-refractivity contribution is 1.46. The maximum atomic E-state index is 5.24. The molecular weight excluding hydrogens is 134 g/mol. The summed E-state index contributed by atoms with van der Waals surface area (Å²) in [5, 5.41) is 1.11. The first-order chi connectivity index (χ1) is 5.40. The van der Waals surface area contributed by atoms with Crippen LogP contribution in [-0.2, 0) is 0 Å². The molecule has 1 aromatic heterocycles. The average Bonchev–Trinajstić information content (AvgIpc) is 2.50. The molecule has 0 aliphatic carbocycles. The summed E-state index contributed by atoms with van der Waals surface area (Å²) in [5.41, 5.74) is 1.98. The van der Waals surface area contributed by atoms with Crippen LogP contribution in [0.3, 0.4) is 0 Å². The molecule has 0 atom stereocenters. The maximum absolute atomic E-state index is 5.24. The van der Waals surface area contributed by atoms with E-state index >= 15 is 0 Å². The van der Waals surface area contributed by atoms with E-state index in [1.54, 1.807) is 0 Å². The molecule has 1 nitrogen and oxygen atoms in total. The predicted octanol–water partition coefficient (Wildman–Crippen LogP) is 1.95. The summed E-state index contributed by atoms with van der Waals surface area (Å²) >= 11 is 0. The van der Waals surface area contributed by atoms with Gasteiger partial charge in [0.25, 0.3) is 0 Å². The number of terminal acetylenes is 1. The Morgan fingerprint density at radius 1 is 1.45 bits per heavy atom. The molecule has 1 N–H and O–H groups in total. The second-order valence-corrected chi connectivity index (χ2v) is 2.36. The zero-order valence-electron chi connectivity index (χ0n) is 5.89. The highest BCUT2D eigenvalue weighted by Crippen LogP contribution is 2.12. The number of hydrogen-bond donors (Lipinski definition) is 1. The van der Waals surface area contributed by atoms with Crippen molar-refractivity contribution in [2.45, 2.75) is 0 Å². The summed E-state index contributed by atoms with van der Waals surface area (Å²) in [6.45, 7) is 0. The van der Waals surface area contributed by atoms with Gasteiger partial charge in [-0.2, -0.15) is 0 Å². The minimum Gasteiger partial charge on any atom is -0.353 e. The van der Waals surface area contributed by atoms with Crippen LogP contribution in [0.25, 0.3) is 10.9 Å². The van der Waals surface area contributed by atoms with E-state index < -0.39 is 0 Å². The highest BCUT2D eigenvalue weighted by atomic mass is 14.7. The minimum atomic E-state index is 0.908. The van der Waals surface area contributed by atoms with E-state index in [0.717, 1.165) is 16.5 Å². The Balaban J connectivity index is 2.79. The Hall–Kier alpha value is -1.68. The molecule has 2 aromatic rings. The normalized spacial score (nSPS) is 9.73. The second-order valence-electron chi connectivity index (χ2n) is 2.36. The van der Waals surface area contributed by atoms with Crippen LogP contribution in [0.2, 0.25) is 0 Å².